The highest BCUT2D eigenvalue weighted by molar-refractivity contribution is 6.33. The Hall–Kier alpha value is -4.67. The Morgan fingerprint density at radius 1 is 1.06 bits per heavy atom. The molecular weight excluding hydrogens is 474 g/mol. The van der Waals surface area contributed by atoms with Gasteiger partial charge in [-0.2, -0.15) is 5.26 Å². The first-order chi connectivity index (χ1) is 17.4. The van der Waals surface area contributed by atoms with E-state index in [1.165, 1.54) is 4.40 Å². The lowest BCUT2D eigenvalue weighted by Gasteiger charge is -2.06. The Labute approximate surface area is 209 Å². The molecule has 3 heterocycles. The molecule has 7 nitrogen and oxygen atoms in total. The second kappa shape index (κ2) is 8.22. The summed E-state index contributed by atoms with van der Waals surface area (Å²) < 4.78 is 7.44. The van der Waals surface area contributed by atoms with Crippen LogP contribution < -0.4 is 16.1 Å². The number of fused-ring (bicyclic) bond motifs is 4. The highest BCUT2D eigenvalue weighted by Crippen LogP contribution is 2.32. The van der Waals surface area contributed by atoms with Crippen LogP contribution in [0.1, 0.15) is 16.7 Å². The number of nitrogens with one attached hydrogen (secondary N) is 1. The second-order valence-corrected chi connectivity index (χ2v) is 8.97. The molecule has 3 aromatic carbocycles. The zero-order valence-corrected chi connectivity index (χ0v) is 20.1. The number of pyridine rings is 1. The zero-order valence-electron chi connectivity index (χ0n) is 19.3. The SMILES string of the molecule is Cc1ccc2nc(-c3cc(N/C=c4\c(C)c(C#N)c5nc6ccccc6n5c4=O)ccc3Cl)oc2c1. The molecule has 8 heteroatoms. The lowest BCUT2D eigenvalue weighted by atomic mass is 10.1. The maximum Gasteiger partial charge on any atom is 0.265 e. The number of anilines is 1. The molecule has 6 rings (SSSR count). The van der Waals surface area contributed by atoms with Crippen LogP contribution in [0.4, 0.5) is 5.69 Å². The van der Waals surface area contributed by atoms with Crippen LogP contribution in [0.15, 0.2) is 69.9 Å². The number of imidazole rings is 1. The van der Waals surface area contributed by atoms with Gasteiger partial charge >= 0.3 is 0 Å². The van der Waals surface area contributed by atoms with Crippen LogP contribution in [-0.2, 0) is 0 Å². The number of rotatable bonds is 3. The lowest BCUT2D eigenvalue weighted by Crippen LogP contribution is -2.34. The predicted molar refractivity (Wildman–Crippen MR) is 141 cm³/mol. The highest BCUT2D eigenvalue weighted by atomic mass is 35.5. The van der Waals surface area contributed by atoms with Gasteiger partial charge in [-0.05, 0) is 67.4 Å². The van der Waals surface area contributed by atoms with E-state index in [9.17, 15) is 10.1 Å². The summed E-state index contributed by atoms with van der Waals surface area (Å²) in [6.07, 6.45) is 1.61. The second-order valence-electron chi connectivity index (χ2n) is 8.56. The van der Waals surface area contributed by atoms with Crippen molar-refractivity contribution in [3.05, 3.63) is 97.9 Å². The van der Waals surface area contributed by atoms with Crippen LogP contribution in [0.3, 0.4) is 0 Å². The third kappa shape index (κ3) is 3.39. The predicted octanol–water partition coefficient (Wildman–Crippen LogP) is 5.37. The van der Waals surface area contributed by atoms with E-state index >= 15 is 0 Å². The molecule has 0 fully saturated rings. The third-order valence-electron chi connectivity index (χ3n) is 6.23. The fourth-order valence-corrected chi connectivity index (χ4v) is 4.57. The van der Waals surface area contributed by atoms with E-state index in [-0.39, 0.29) is 5.56 Å². The summed E-state index contributed by atoms with van der Waals surface area (Å²) in [6, 6.07) is 20.7. The fraction of sp³-hybridized carbons (Fsp3) is 0.0714. The minimum absolute atomic E-state index is 0.258. The molecule has 0 aliphatic rings. The van der Waals surface area contributed by atoms with Gasteiger partial charge in [-0.25, -0.2) is 9.97 Å². The molecule has 36 heavy (non-hydrogen) atoms. The summed E-state index contributed by atoms with van der Waals surface area (Å²) in [5, 5.41) is 13.9. The zero-order chi connectivity index (χ0) is 25.0. The van der Waals surface area contributed by atoms with E-state index in [0.29, 0.717) is 60.8 Å². The molecule has 0 aliphatic carbocycles. The van der Waals surface area contributed by atoms with E-state index in [1.807, 2.05) is 55.5 Å². The number of halogens is 1. The van der Waals surface area contributed by atoms with Crippen molar-refractivity contribution in [2.24, 2.45) is 0 Å². The number of aromatic nitrogens is 3. The normalized spacial score (nSPS) is 12.0. The molecule has 1 N–H and O–H groups in total. The number of aryl methyl sites for hydroxylation is 1. The molecule has 0 spiro atoms. The van der Waals surface area contributed by atoms with E-state index in [2.05, 4.69) is 21.4 Å². The largest absolute Gasteiger partial charge is 0.436 e. The smallest absolute Gasteiger partial charge is 0.265 e. The van der Waals surface area contributed by atoms with Crippen molar-refractivity contribution in [2.45, 2.75) is 13.8 Å². The first-order valence-corrected chi connectivity index (χ1v) is 11.6. The van der Waals surface area contributed by atoms with Crippen LogP contribution in [0.5, 0.6) is 0 Å². The summed E-state index contributed by atoms with van der Waals surface area (Å²) in [5.74, 6) is 0.406. The average molecular weight is 492 g/mol. The van der Waals surface area contributed by atoms with Crippen LogP contribution >= 0.6 is 11.6 Å². The van der Waals surface area contributed by atoms with Crippen molar-refractivity contribution in [2.75, 3.05) is 5.32 Å². The van der Waals surface area contributed by atoms with E-state index in [0.717, 1.165) is 11.1 Å². The molecule has 0 aliphatic heterocycles. The van der Waals surface area contributed by atoms with Gasteiger partial charge < -0.3 is 9.73 Å². The average Bonchev–Trinajstić information content (AvgIpc) is 3.46. The van der Waals surface area contributed by atoms with Crippen LogP contribution in [-0.4, -0.2) is 14.4 Å². The summed E-state index contributed by atoms with van der Waals surface area (Å²) in [4.78, 5) is 22.6. The first-order valence-electron chi connectivity index (χ1n) is 11.2. The molecular formula is C28H18ClN5O2. The molecule has 0 saturated carbocycles. The van der Waals surface area contributed by atoms with Crippen LogP contribution in [0.25, 0.3) is 45.4 Å². The van der Waals surface area contributed by atoms with Crippen molar-refractivity contribution in [1.29, 1.82) is 5.26 Å². The quantitative estimate of drug-likeness (QED) is 0.357. The topological polar surface area (TPSA) is 96.2 Å². The van der Waals surface area contributed by atoms with Crippen LogP contribution in [0, 0.1) is 25.2 Å². The molecule has 174 valence electrons. The highest BCUT2D eigenvalue weighted by Gasteiger charge is 2.16. The Bertz CT molecular complexity index is 2000. The molecule has 0 radical (unpaired) electrons. The molecule has 6 aromatic rings. The van der Waals surface area contributed by atoms with Crippen molar-refractivity contribution in [1.82, 2.24) is 14.4 Å². The minimum Gasteiger partial charge on any atom is -0.436 e. The standard InChI is InChI=1S/C28H18ClN5O2/c1-15-7-10-23-25(11-15)36-27(33-23)18-12-17(8-9-21(18)29)31-14-20-16(2)19(13-30)26-32-22-5-3-4-6-24(22)34(26)28(20)35/h3-12,14,31H,1-2H3/b20-14+. The minimum atomic E-state index is -0.258. The van der Waals surface area contributed by atoms with Gasteiger partial charge in [-0.15, -0.1) is 0 Å². The van der Waals surface area contributed by atoms with Gasteiger partial charge in [0.1, 0.15) is 11.6 Å². The van der Waals surface area contributed by atoms with E-state index in [4.69, 9.17) is 16.0 Å². The summed E-state index contributed by atoms with van der Waals surface area (Å²) in [5.41, 5.74) is 6.14. The maximum atomic E-state index is 13.5. The molecule has 0 bridgehead atoms. The lowest BCUT2D eigenvalue weighted by molar-refractivity contribution is 0.619. The number of para-hydroxylation sites is 2. The molecule has 0 saturated heterocycles. The molecule has 0 unspecified atom stereocenters. The van der Waals surface area contributed by atoms with Crippen molar-refractivity contribution < 1.29 is 4.42 Å². The number of nitrogens with zero attached hydrogens (tertiary/aromatic N) is 4. The third-order valence-corrected chi connectivity index (χ3v) is 6.56. The van der Waals surface area contributed by atoms with Crippen molar-refractivity contribution >= 4 is 51.3 Å². The van der Waals surface area contributed by atoms with Crippen molar-refractivity contribution in [3.63, 3.8) is 0 Å². The van der Waals surface area contributed by atoms with Gasteiger partial charge in [0.05, 0.1) is 32.4 Å². The van der Waals surface area contributed by atoms with Gasteiger partial charge in [0.25, 0.3) is 5.56 Å². The summed E-state index contributed by atoms with van der Waals surface area (Å²) in [7, 11) is 0. The molecule has 3 aromatic heterocycles. The number of benzene rings is 3. The van der Waals surface area contributed by atoms with Gasteiger partial charge in [0.15, 0.2) is 11.2 Å². The van der Waals surface area contributed by atoms with Crippen molar-refractivity contribution in [3.8, 4) is 17.5 Å². The van der Waals surface area contributed by atoms with Gasteiger partial charge in [0.2, 0.25) is 5.89 Å². The number of nitriles is 1. The Morgan fingerprint density at radius 2 is 1.89 bits per heavy atom. The van der Waals surface area contributed by atoms with E-state index in [1.54, 1.807) is 25.3 Å². The maximum absolute atomic E-state index is 13.5. The summed E-state index contributed by atoms with van der Waals surface area (Å²) >= 11 is 6.47. The molecule has 0 amide bonds. The van der Waals surface area contributed by atoms with Gasteiger partial charge in [-0.1, -0.05) is 29.8 Å². The monoisotopic (exact) mass is 491 g/mol. The molecule has 0 atom stereocenters. The van der Waals surface area contributed by atoms with Gasteiger partial charge in [-0.3, -0.25) is 9.20 Å². The first kappa shape index (κ1) is 21.8. The Balaban J connectivity index is 1.48. The number of hydrogen-bond donors (Lipinski definition) is 1. The Morgan fingerprint density at radius 3 is 2.72 bits per heavy atom. The Kier molecular flexibility index (Phi) is 4.99. The summed E-state index contributed by atoms with van der Waals surface area (Å²) in [6.45, 7) is 3.74. The van der Waals surface area contributed by atoms with Gasteiger partial charge in [0, 0.05) is 11.9 Å². The number of oxazole rings is 1. The fourth-order valence-electron chi connectivity index (χ4n) is 4.37. The van der Waals surface area contributed by atoms with E-state index < -0.39 is 0 Å². The van der Waals surface area contributed by atoms with Crippen LogP contribution in [0.2, 0.25) is 5.02 Å². The number of hydrogen-bond acceptors (Lipinski definition) is 6.